The Kier molecular flexibility index (Phi) is 4.76. The number of nitrogens with one attached hydrogen (secondary N) is 1. The van der Waals surface area contributed by atoms with Crippen LogP contribution in [0.3, 0.4) is 0 Å². The van der Waals surface area contributed by atoms with Crippen molar-refractivity contribution in [1.29, 1.82) is 0 Å². The van der Waals surface area contributed by atoms with Gasteiger partial charge in [-0.1, -0.05) is 28.1 Å². The molecule has 1 aromatic rings. The van der Waals surface area contributed by atoms with Crippen molar-refractivity contribution in [2.45, 2.75) is 12.2 Å². The highest BCUT2D eigenvalue weighted by molar-refractivity contribution is 9.10. The van der Waals surface area contributed by atoms with Crippen molar-refractivity contribution >= 4 is 15.9 Å². The van der Waals surface area contributed by atoms with E-state index >= 15 is 0 Å². The van der Waals surface area contributed by atoms with Crippen LogP contribution in [0.5, 0.6) is 0 Å². The van der Waals surface area contributed by atoms with Crippen molar-refractivity contribution in [2.75, 3.05) is 13.2 Å². The fraction of sp³-hybridized carbons (Fsp3) is 0.400. The van der Waals surface area contributed by atoms with Crippen molar-refractivity contribution in [1.82, 2.24) is 5.32 Å². The molecule has 0 saturated carbocycles. The van der Waals surface area contributed by atoms with E-state index in [0.717, 1.165) is 4.47 Å². The molecule has 0 spiro atoms. The summed E-state index contributed by atoms with van der Waals surface area (Å²) in [4.78, 5) is 0. The monoisotopic (exact) mass is 297 g/mol. The molecule has 0 heterocycles. The first-order valence-corrected chi connectivity index (χ1v) is 5.38. The molecule has 0 fully saturated rings. The quantitative estimate of drug-likeness (QED) is 0.895. The molecule has 1 aromatic carbocycles. The van der Waals surface area contributed by atoms with Gasteiger partial charge in [-0.15, -0.1) is 0 Å². The number of halogens is 4. The second kappa shape index (κ2) is 5.65. The number of aliphatic hydroxyl groups is 1. The van der Waals surface area contributed by atoms with Crippen LogP contribution in [-0.4, -0.2) is 24.4 Å². The Morgan fingerprint density at radius 3 is 2.25 bits per heavy atom. The zero-order valence-electron chi connectivity index (χ0n) is 8.26. The van der Waals surface area contributed by atoms with E-state index in [2.05, 4.69) is 21.2 Å². The highest BCUT2D eigenvalue weighted by Gasteiger charge is 2.28. The van der Waals surface area contributed by atoms with E-state index < -0.39 is 18.8 Å². The number of rotatable bonds is 4. The van der Waals surface area contributed by atoms with E-state index in [9.17, 15) is 13.2 Å². The molecule has 16 heavy (non-hydrogen) atoms. The van der Waals surface area contributed by atoms with E-state index in [4.69, 9.17) is 5.11 Å². The van der Waals surface area contributed by atoms with Gasteiger partial charge in [-0.2, -0.15) is 13.2 Å². The van der Waals surface area contributed by atoms with Gasteiger partial charge < -0.3 is 5.11 Å². The molecule has 0 aliphatic rings. The molecule has 0 aromatic heterocycles. The number of hydrogen-bond donors (Lipinski definition) is 2. The van der Waals surface area contributed by atoms with E-state index in [0.29, 0.717) is 5.56 Å². The van der Waals surface area contributed by atoms with Gasteiger partial charge in [0.1, 0.15) is 0 Å². The minimum atomic E-state index is -4.28. The van der Waals surface area contributed by atoms with Crippen LogP contribution in [0.2, 0.25) is 0 Å². The maximum atomic E-state index is 12.0. The fourth-order valence-corrected chi connectivity index (χ4v) is 1.49. The van der Waals surface area contributed by atoms with Crippen molar-refractivity contribution in [3.05, 3.63) is 34.3 Å². The largest absolute Gasteiger partial charge is 0.401 e. The van der Waals surface area contributed by atoms with Crippen LogP contribution in [0, 0.1) is 0 Å². The molecule has 0 aliphatic carbocycles. The molecule has 0 saturated heterocycles. The van der Waals surface area contributed by atoms with E-state index in [1.54, 1.807) is 24.3 Å². The predicted molar refractivity (Wildman–Crippen MR) is 58.0 cm³/mol. The molecule has 2 nitrogen and oxygen atoms in total. The summed E-state index contributed by atoms with van der Waals surface area (Å²) in [5.41, 5.74) is 0.620. The zero-order valence-corrected chi connectivity index (χ0v) is 9.85. The summed E-state index contributed by atoms with van der Waals surface area (Å²) in [6.07, 6.45) is -4.28. The minimum absolute atomic E-state index is 0.377. The first-order chi connectivity index (χ1) is 7.42. The van der Waals surface area contributed by atoms with Crippen LogP contribution >= 0.6 is 15.9 Å². The van der Waals surface area contributed by atoms with Gasteiger partial charge in [0.2, 0.25) is 0 Å². The topological polar surface area (TPSA) is 32.3 Å². The Morgan fingerprint density at radius 2 is 1.81 bits per heavy atom. The third-order valence-corrected chi connectivity index (χ3v) is 2.53. The van der Waals surface area contributed by atoms with Crippen molar-refractivity contribution in [2.24, 2.45) is 0 Å². The van der Waals surface area contributed by atoms with E-state index in [1.165, 1.54) is 0 Å². The first kappa shape index (κ1) is 13.5. The third-order valence-electron chi connectivity index (χ3n) is 2.00. The summed E-state index contributed by atoms with van der Waals surface area (Å²) < 4.78 is 36.8. The molecule has 0 radical (unpaired) electrons. The van der Waals surface area contributed by atoms with Gasteiger partial charge in [-0.25, -0.2) is 0 Å². The van der Waals surface area contributed by atoms with Crippen LogP contribution in [0.1, 0.15) is 11.6 Å². The normalized spacial score (nSPS) is 13.8. The molecule has 1 rings (SSSR count). The second-order valence-corrected chi connectivity index (χ2v) is 4.20. The molecule has 0 bridgehead atoms. The summed E-state index contributed by atoms with van der Waals surface area (Å²) in [5, 5.41) is 11.3. The molecular weight excluding hydrogens is 287 g/mol. The Labute approximate surface area is 99.6 Å². The van der Waals surface area contributed by atoms with E-state index in [-0.39, 0.29) is 6.61 Å². The molecule has 1 unspecified atom stereocenters. The Hall–Kier alpha value is -0.590. The summed E-state index contributed by atoms with van der Waals surface area (Å²) >= 11 is 3.22. The molecule has 0 amide bonds. The number of hydrogen-bond acceptors (Lipinski definition) is 2. The van der Waals surface area contributed by atoms with Gasteiger partial charge in [0.05, 0.1) is 19.2 Å². The number of aliphatic hydroxyl groups excluding tert-OH is 1. The van der Waals surface area contributed by atoms with Crippen LogP contribution in [0.4, 0.5) is 13.2 Å². The first-order valence-electron chi connectivity index (χ1n) is 4.59. The average molecular weight is 298 g/mol. The van der Waals surface area contributed by atoms with E-state index in [1.807, 2.05) is 0 Å². The lowest BCUT2D eigenvalue weighted by molar-refractivity contribution is -0.126. The summed E-state index contributed by atoms with van der Waals surface area (Å²) in [6, 6.07) is 6.05. The lowest BCUT2D eigenvalue weighted by atomic mass is 10.1. The molecule has 90 valence electrons. The zero-order chi connectivity index (χ0) is 12.2. The summed E-state index contributed by atoms with van der Waals surface area (Å²) in [5.74, 6) is 0. The van der Waals surface area contributed by atoms with Gasteiger partial charge in [0.15, 0.2) is 0 Å². The van der Waals surface area contributed by atoms with Gasteiger partial charge in [0.25, 0.3) is 0 Å². The Morgan fingerprint density at radius 1 is 1.25 bits per heavy atom. The highest BCUT2D eigenvalue weighted by atomic mass is 79.9. The van der Waals surface area contributed by atoms with Crippen LogP contribution < -0.4 is 5.32 Å². The minimum Gasteiger partial charge on any atom is -0.394 e. The van der Waals surface area contributed by atoms with Gasteiger partial charge >= 0.3 is 6.18 Å². The Balaban J connectivity index is 2.64. The van der Waals surface area contributed by atoms with Crippen molar-refractivity contribution in [3.8, 4) is 0 Å². The third kappa shape index (κ3) is 4.51. The van der Waals surface area contributed by atoms with Crippen molar-refractivity contribution < 1.29 is 18.3 Å². The molecule has 0 aliphatic heterocycles. The van der Waals surface area contributed by atoms with Crippen LogP contribution in [-0.2, 0) is 0 Å². The van der Waals surface area contributed by atoms with Crippen molar-refractivity contribution in [3.63, 3.8) is 0 Å². The van der Waals surface area contributed by atoms with Gasteiger partial charge in [-0.3, -0.25) is 5.32 Å². The smallest absolute Gasteiger partial charge is 0.394 e. The average Bonchev–Trinajstić information content (AvgIpc) is 2.20. The lowest BCUT2D eigenvalue weighted by Crippen LogP contribution is -2.33. The van der Waals surface area contributed by atoms with Gasteiger partial charge in [0, 0.05) is 4.47 Å². The lowest BCUT2D eigenvalue weighted by Gasteiger charge is -2.17. The summed E-state index contributed by atoms with van der Waals surface area (Å²) in [6.45, 7) is -1.49. The summed E-state index contributed by atoms with van der Waals surface area (Å²) in [7, 11) is 0. The predicted octanol–water partition coefficient (Wildman–Crippen LogP) is 2.63. The molecule has 2 N–H and O–H groups in total. The van der Waals surface area contributed by atoms with Crippen LogP contribution in [0.25, 0.3) is 0 Å². The molecule has 6 heteroatoms. The highest BCUT2D eigenvalue weighted by Crippen LogP contribution is 2.19. The maximum absolute atomic E-state index is 12.0. The maximum Gasteiger partial charge on any atom is 0.401 e. The second-order valence-electron chi connectivity index (χ2n) is 3.28. The number of benzene rings is 1. The Bertz CT molecular complexity index is 326. The number of alkyl halides is 3. The standard InChI is InChI=1S/C10H11BrF3NO/c11-8-3-1-7(2-4-8)9(5-16)15-6-10(12,13)14/h1-4,9,15-16H,5-6H2. The van der Waals surface area contributed by atoms with Gasteiger partial charge in [-0.05, 0) is 17.7 Å². The fourth-order valence-electron chi connectivity index (χ4n) is 1.22. The SMILES string of the molecule is OCC(NCC(F)(F)F)c1ccc(Br)cc1. The van der Waals surface area contributed by atoms with Crippen LogP contribution in [0.15, 0.2) is 28.7 Å². The molecule has 1 atom stereocenters. The molecular formula is C10H11BrF3NO.